The van der Waals surface area contributed by atoms with Gasteiger partial charge in [-0.15, -0.1) is 0 Å². The van der Waals surface area contributed by atoms with E-state index in [-0.39, 0.29) is 22.0 Å². The maximum atomic E-state index is 12.7. The van der Waals surface area contributed by atoms with Crippen molar-refractivity contribution < 1.29 is 9.52 Å². The SMILES string of the molecule is CC(C)(C)c1ccc(-n2c(-c3cc(C(C)(C)C)cc(C(C)(C)C)c3O)nc3c(-c4cc(-c5nccc6c5oc5cc7ccccc7cc56)cc(C(C)(C)c5ccccc5)c4)cccc32)c(-c2ccccc2)c1. The first-order valence-electron chi connectivity index (χ1n) is 25.3. The van der Waals surface area contributed by atoms with E-state index in [1.807, 2.05) is 6.20 Å². The Morgan fingerprint density at radius 3 is 1.82 bits per heavy atom. The molecule has 0 fully saturated rings. The van der Waals surface area contributed by atoms with Crippen LogP contribution in [0.4, 0.5) is 0 Å². The van der Waals surface area contributed by atoms with Crippen LogP contribution in [0.15, 0.2) is 180 Å². The van der Waals surface area contributed by atoms with Crippen molar-refractivity contribution in [2.45, 2.75) is 97.8 Å². The molecule has 0 bridgehead atoms. The van der Waals surface area contributed by atoms with Crippen molar-refractivity contribution in [2.75, 3.05) is 0 Å². The van der Waals surface area contributed by atoms with Crippen LogP contribution >= 0.6 is 0 Å². The predicted molar refractivity (Wildman–Crippen MR) is 302 cm³/mol. The molecule has 1 N–H and O–H groups in total. The topological polar surface area (TPSA) is 64.1 Å². The summed E-state index contributed by atoms with van der Waals surface area (Å²) < 4.78 is 9.13. The molecular formula is C67H63N3O2. The van der Waals surface area contributed by atoms with Crippen molar-refractivity contribution >= 4 is 43.7 Å². The van der Waals surface area contributed by atoms with Crippen molar-refractivity contribution in [3.63, 3.8) is 0 Å². The highest BCUT2D eigenvalue weighted by atomic mass is 16.3. The third-order valence-corrected chi connectivity index (χ3v) is 14.9. The first-order valence-corrected chi connectivity index (χ1v) is 25.3. The molecule has 3 heterocycles. The zero-order chi connectivity index (χ0) is 50.5. The summed E-state index contributed by atoms with van der Waals surface area (Å²) in [5, 5.41) is 17.1. The van der Waals surface area contributed by atoms with Crippen LogP contribution in [0.1, 0.15) is 104 Å². The zero-order valence-corrected chi connectivity index (χ0v) is 43.4. The Labute approximate surface area is 423 Å². The molecule has 0 saturated carbocycles. The number of aromatic nitrogens is 3. The molecule has 11 aromatic rings. The van der Waals surface area contributed by atoms with Crippen LogP contribution in [0.5, 0.6) is 5.75 Å². The number of nitrogens with zero attached hydrogens (tertiary/aromatic N) is 3. The number of phenolic OH excluding ortho intramolecular Hbond substituents is 1. The van der Waals surface area contributed by atoms with Gasteiger partial charge in [-0.1, -0.05) is 191 Å². The lowest BCUT2D eigenvalue weighted by Gasteiger charge is -2.28. The van der Waals surface area contributed by atoms with Gasteiger partial charge in [-0.3, -0.25) is 9.55 Å². The number of benzene rings is 8. The Kier molecular flexibility index (Phi) is 11.0. The van der Waals surface area contributed by atoms with Crippen LogP contribution in [0.3, 0.4) is 0 Å². The van der Waals surface area contributed by atoms with Gasteiger partial charge in [-0.05, 0) is 115 Å². The number of furan rings is 1. The standard InChI is InChI=1S/C67H63N3O2/c1-64(2,3)47-29-30-56(52(38-47)41-21-14-12-15-22-41)70-57-28-20-27-50(60(57)69-63(70)54-39-48(65(4,5)6)40-55(61(54)71)66(7,8)9)44-33-45(35-49(34-44)67(10,11)46-25-16-13-17-26-46)59-62-51(31-32-68-59)53-36-42-23-18-19-24-43(42)37-58(53)72-62/h12-40,71H,1-11H3. The van der Waals surface area contributed by atoms with E-state index in [2.05, 4.69) is 251 Å². The highest BCUT2D eigenvalue weighted by Crippen LogP contribution is 2.47. The summed E-state index contributed by atoms with van der Waals surface area (Å²) in [6, 6.07) is 60.8. The minimum atomic E-state index is -0.397. The molecular weight excluding hydrogens is 879 g/mol. The minimum absolute atomic E-state index is 0.0953. The van der Waals surface area contributed by atoms with Gasteiger partial charge in [0.15, 0.2) is 5.58 Å². The van der Waals surface area contributed by atoms with Crippen molar-refractivity contribution in [2.24, 2.45) is 0 Å². The summed E-state index contributed by atoms with van der Waals surface area (Å²) >= 11 is 0. The molecule has 8 aromatic carbocycles. The summed E-state index contributed by atoms with van der Waals surface area (Å²) in [4.78, 5) is 10.9. The third kappa shape index (κ3) is 8.05. The van der Waals surface area contributed by atoms with Crippen molar-refractivity contribution in [3.05, 3.63) is 204 Å². The lowest BCUT2D eigenvalue weighted by molar-refractivity contribution is 0.446. The van der Waals surface area contributed by atoms with Crippen LogP contribution in [0, 0.1) is 0 Å². The number of fused-ring (bicyclic) bond motifs is 5. The number of para-hydroxylation sites is 1. The second-order valence-electron chi connectivity index (χ2n) is 23.3. The average molecular weight is 942 g/mol. The molecule has 0 aliphatic rings. The van der Waals surface area contributed by atoms with E-state index in [1.165, 1.54) is 16.5 Å². The average Bonchev–Trinajstić information content (AvgIpc) is 3.93. The summed E-state index contributed by atoms with van der Waals surface area (Å²) in [6.45, 7) is 24.6. The molecule has 5 nitrogen and oxygen atoms in total. The highest BCUT2D eigenvalue weighted by Gasteiger charge is 2.31. The maximum absolute atomic E-state index is 12.7. The Balaban J connectivity index is 1.23. The first-order chi connectivity index (χ1) is 34.3. The second-order valence-corrected chi connectivity index (χ2v) is 23.3. The number of rotatable bonds is 7. The highest BCUT2D eigenvalue weighted by molar-refractivity contribution is 6.13. The van der Waals surface area contributed by atoms with E-state index in [0.717, 1.165) is 94.2 Å². The Hall–Kier alpha value is -7.76. The molecule has 0 spiro atoms. The fourth-order valence-electron chi connectivity index (χ4n) is 10.5. The zero-order valence-electron chi connectivity index (χ0n) is 43.4. The van der Waals surface area contributed by atoms with Crippen LogP contribution in [-0.2, 0) is 21.7 Å². The normalized spacial score (nSPS) is 12.7. The monoisotopic (exact) mass is 941 g/mol. The van der Waals surface area contributed by atoms with Gasteiger partial charge < -0.3 is 9.52 Å². The second kappa shape index (κ2) is 16.9. The van der Waals surface area contributed by atoms with E-state index in [9.17, 15) is 5.11 Å². The molecule has 358 valence electrons. The summed E-state index contributed by atoms with van der Waals surface area (Å²) in [7, 11) is 0. The van der Waals surface area contributed by atoms with Gasteiger partial charge in [0, 0.05) is 44.6 Å². The molecule has 0 amide bonds. The summed E-state index contributed by atoms with van der Waals surface area (Å²) in [6.07, 6.45) is 1.91. The van der Waals surface area contributed by atoms with Gasteiger partial charge in [0.05, 0.1) is 22.3 Å². The molecule has 0 aliphatic heterocycles. The quantitative estimate of drug-likeness (QED) is 0.173. The van der Waals surface area contributed by atoms with Crippen LogP contribution in [0.2, 0.25) is 0 Å². The first kappa shape index (κ1) is 46.6. The summed E-state index contributed by atoms with van der Waals surface area (Å²) in [5.41, 5.74) is 15.5. The fraction of sp³-hybridized carbons (Fsp3) is 0.224. The molecule has 0 unspecified atom stereocenters. The molecule has 3 aromatic heterocycles. The Bertz CT molecular complexity index is 3890. The lowest BCUT2D eigenvalue weighted by atomic mass is 9.76. The van der Waals surface area contributed by atoms with E-state index < -0.39 is 5.41 Å². The van der Waals surface area contributed by atoms with E-state index in [1.54, 1.807) is 0 Å². The van der Waals surface area contributed by atoms with Gasteiger partial charge in [-0.25, -0.2) is 4.98 Å². The number of pyridine rings is 1. The van der Waals surface area contributed by atoms with Crippen LogP contribution < -0.4 is 0 Å². The number of hydrogen-bond acceptors (Lipinski definition) is 4. The Morgan fingerprint density at radius 1 is 0.472 bits per heavy atom. The largest absolute Gasteiger partial charge is 0.507 e. The molecule has 11 rings (SSSR count). The predicted octanol–water partition coefficient (Wildman–Crippen LogP) is 18.1. The van der Waals surface area contributed by atoms with Gasteiger partial charge in [0.2, 0.25) is 0 Å². The maximum Gasteiger partial charge on any atom is 0.161 e. The molecule has 0 atom stereocenters. The Morgan fingerprint density at radius 2 is 1.12 bits per heavy atom. The molecule has 0 radical (unpaired) electrons. The molecule has 0 aliphatic carbocycles. The number of aromatic hydroxyl groups is 1. The van der Waals surface area contributed by atoms with Crippen molar-refractivity contribution in [1.29, 1.82) is 0 Å². The number of imidazole rings is 1. The van der Waals surface area contributed by atoms with Crippen molar-refractivity contribution in [1.82, 2.24) is 14.5 Å². The minimum Gasteiger partial charge on any atom is -0.507 e. The smallest absolute Gasteiger partial charge is 0.161 e. The van der Waals surface area contributed by atoms with Crippen LogP contribution in [-0.4, -0.2) is 19.6 Å². The molecule has 72 heavy (non-hydrogen) atoms. The fourth-order valence-corrected chi connectivity index (χ4v) is 10.5. The van der Waals surface area contributed by atoms with E-state index in [4.69, 9.17) is 14.4 Å². The van der Waals surface area contributed by atoms with Crippen molar-refractivity contribution in [3.8, 4) is 56.3 Å². The number of hydrogen-bond donors (Lipinski definition) is 1. The molecule has 5 heteroatoms. The number of phenols is 1. The third-order valence-electron chi connectivity index (χ3n) is 14.9. The van der Waals surface area contributed by atoms with Gasteiger partial charge in [0.1, 0.15) is 22.9 Å². The van der Waals surface area contributed by atoms with Gasteiger partial charge in [0.25, 0.3) is 0 Å². The summed E-state index contributed by atoms with van der Waals surface area (Å²) in [5.74, 6) is 0.919. The van der Waals surface area contributed by atoms with Crippen LogP contribution in [0.25, 0.3) is 94.3 Å². The lowest BCUT2D eigenvalue weighted by Crippen LogP contribution is -2.19. The van der Waals surface area contributed by atoms with E-state index in [0.29, 0.717) is 11.4 Å². The van der Waals surface area contributed by atoms with E-state index >= 15 is 0 Å². The van der Waals surface area contributed by atoms with Gasteiger partial charge >= 0.3 is 0 Å². The molecule has 0 saturated heterocycles. The van der Waals surface area contributed by atoms with Gasteiger partial charge in [-0.2, -0.15) is 0 Å².